The van der Waals surface area contributed by atoms with Crippen LogP contribution >= 0.6 is 0 Å². The quantitative estimate of drug-likeness (QED) is 0.0374. The fourth-order valence-corrected chi connectivity index (χ4v) is 7.66. The normalized spacial score (nSPS) is 12.9. The summed E-state index contributed by atoms with van der Waals surface area (Å²) in [5, 5.41) is 9.59. The lowest BCUT2D eigenvalue weighted by Gasteiger charge is -2.15. The van der Waals surface area contributed by atoms with Crippen LogP contribution in [0.25, 0.3) is 0 Å². The first-order valence-electron chi connectivity index (χ1n) is 27.1. The van der Waals surface area contributed by atoms with Gasteiger partial charge in [-0.05, 0) is 70.6 Å². The molecule has 0 bridgehead atoms. The number of rotatable bonds is 49. The standard InChI is InChI=1S/C59H102O5/c1-3-5-7-9-11-13-15-17-19-20-21-22-23-24-25-26-27-28-29-30-31-32-33-34-35-36-37-38-40-41-43-45-47-49-51-53-58(61)63-56-57(55-60)64-59(62)54-52-50-48-46-44-42-39-18-16-14-12-10-8-6-4-2/h6,8,12,14-15,17-18,20-21,39,44,46,50,52,57,60H,3-5,7,9-11,13,16,19,22-38,40-43,45,47-49,51,53-56H2,1-2H3/b8-6-,14-12-,17-15-,21-20-,39-18-,46-44-,52-50-. The van der Waals surface area contributed by atoms with Gasteiger partial charge in [-0.1, -0.05) is 259 Å². The lowest BCUT2D eigenvalue weighted by molar-refractivity contribution is -0.160. The Bertz CT molecular complexity index is 1190. The molecule has 0 aromatic rings. The maximum absolute atomic E-state index is 12.2. The van der Waals surface area contributed by atoms with Crippen molar-refractivity contribution in [1.29, 1.82) is 0 Å². The number of hydrogen-bond donors (Lipinski definition) is 1. The Morgan fingerprint density at radius 1 is 0.391 bits per heavy atom. The summed E-state index contributed by atoms with van der Waals surface area (Å²) in [5.74, 6) is -0.734. The average Bonchev–Trinajstić information content (AvgIpc) is 3.30. The second-order valence-electron chi connectivity index (χ2n) is 17.9. The van der Waals surface area contributed by atoms with Crippen LogP contribution in [-0.2, 0) is 19.1 Å². The lowest BCUT2D eigenvalue weighted by atomic mass is 10.0. The zero-order valence-electron chi connectivity index (χ0n) is 42.0. The molecule has 0 spiro atoms. The number of carbonyl (C=O) groups excluding carboxylic acids is 2. The summed E-state index contributed by atoms with van der Waals surface area (Å²) in [5.41, 5.74) is 0. The molecule has 0 aliphatic rings. The highest BCUT2D eigenvalue weighted by molar-refractivity contribution is 5.71. The van der Waals surface area contributed by atoms with Crippen molar-refractivity contribution in [3.8, 4) is 0 Å². The van der Waals surface area contributed by atoms with Gasteiger partial charge in [0.25, 0.3) is 0 Å². The Morgan fingerprint density at radius 2 is 0.719 bits per heavy atom. The number of aliphatic hydroxyl groups is 1. The first-order valence-corrected chi connectivity index (χ1v) is 27.1. The lowest BCUT2D eigenvalue weighted by Crippen LogP contribution is -2.28. The summed E-state index contributed by atoms with van der Waals surface area (Å²) < 4.78 is 10.6. The molecule has 0 aliphatic heterocycles. The topological polar surface area (TPSA) is 72.8 Å². The summed E-state index contributed by atoms with van der Waals surface area (Å²) in [6.07, 6.45) is 76.0. The van der Waals surface area contributed by atoms with Crippen molar-refractivity contribution in [3.63, 3.8) is 0 Å². The smallest absolute Gasteiger partial charge is 0.310 e. The molecule has 64 heavy (non-hydrogen) atoms. The summed E-state index contributed by atoms with van der Waals surface area (Å²) in [6, 6.07) is 0. The van der Waals surface area contributed by atoms with E-state index in [9.17, 15) is 14.7 Å². The second kappa shape index (κ2) is 54.4. The van der Waals surface area contributed by atoms with Crippen molar-refractivity contribution in [3.05, 3.63) is 85.1 Å². The average molecular weight is 891 g/mol. The molecule has 0 aliphatic carbocycles. The van der Waals surface area contributed by atoms with Gasteiger partial charge in [0.15, 0.2) is 6.10 Å². The van der Waals surface area contributed by atoms with Crippen molar-refractivity contribution < 1.29 is 24.2 Å². The molecule has 0 radical (unpaired) electrons. The fourth-order valence-electron chi connectivity index (χ4n) is 7.66. The highest BCUT2D eigenvalue weighted by atomic mass is 16.6. The van der Waals surface area contributed by atoms with Crippen LogP contribution in [0.5, 0.6) is 0 Å². The molecular formula is C59H102O5. The summed E-state index contributed by atoms with van der Waals surface area (Å²) >= 11 is 0. The summed E-state index contributed by atoms with van der Waals surface area (Å²) in [7, 11) is 0. The van der Waals surface area contributed by atoms with Crippen LogP contribution in [0.1, 0.15) is 258 Å². The van der Waals surface area contributed by atoms with E-state index in [0.29, 0.717) is 6.42 Å². The van der Waals surface area contributed by atoms with E-state index in [2.05, 4.69) is 86.8 Å². The fraction of sp³-hybridized carbons (Fsp3) is 0.729. The molecule has 0 saturated heterocycles. The van der Waals surface area contributed by atoms with E-state index in [1.165, 1.54) is 173 Å². The van der Waals surface area contributed by atoms with Gasteiger partial charge >= 0.3 is 11.9 Å². The number of ether oxygens (including phenoxy) is 2. The maximum Gasteiger partial charge on any atom is 0.310 e. The van der Waals surface area contributed by atoms with Gasteiger partial charge in [-0.15, -0.1) is 0 Å². The van der Waals surface area contributed by atoms with Crippen LogP contribution in [0.15, 0.2) is 85.1 Å². The van der Waals surface area contributed by atoms with Crippen LogP contribution < -0.4 is 0 Å². The van der Waals surface area contributed by atoms with Gasteiger partial charge in [0.1, 0.15) is 6.61 Å². The molecule has 1 N–H and O–H groups in total. The molecule has 5 nitrogen and oxygen atoms in total. The molecular weight excluding hydrogens is 789 g/mol. The van der Waals surface area contributed by atoms with Gasteiger partial charge < -0.3 is 14.6 Å². The number of unbranched alkanes of at least 4 members (excludes halogenated alkanes) is 28. The molecule has 368 valence electrons. The molecule has 1 unspecified atom stereocenters. The van der Waals surface area contributed by atoms with Crippen LogP contribution in [0, 0.1) is 0 Å². The van der Waals surface area contributed by atoms with Crippen molar-refractivity contribution in [2.75, 3.05) is 13.2 Å². The summed E-state index contributed by atoms with van der Waals surface area (Å²) in [6.45, 7) is 3.94. The minimum Gasteiger partial charge on any atom is -0.462 e. The molecule has 0 aromatic heterocycles. The first kappa shape index (κ1) is 61.1. The van der Waals surface area contributed by atoms with Gasteiger partial charge in [-0.25, -0.2) is 0 Å². The third-order valence-corrected chi connectivity index (χ3v) is 11.7. The monoisotopic (exact) mass is 891 g/mol. The van der Waals surface area contributed by atoms with Gasteiger partial charge in [-0.2, -0.15) is 0 Å². The molecule has 0 fully saturated rings. The van der Waals surface area contributed by atoms with Gasteiger partial charge in [0.05, 0.1) is 13.0 Å². The van der Waals surface area contributed by atoms with Crippen LogP contribution in [-0.4, -0.2) is 36.4 Å². The van der Waals surface area contributed by atoms with Crippen LogP contribution in [0.4, 0.5) is 0 Å². The zero-order chi connectivity index (χ0) is 46.3. The number of aliphatic hydroxyl groups excluding tert-OH is 1. The third kappa shape index (κ3) is 51.7. The number of esters is 2. The Kier molecular flexibility index (Phi) is 51.9. The van der Waals surface area contributed by atoms with Crippen molar-refractivity contribution in [1.82, 2.24) is 0 Å². The highest BCUT2D eigenvalue weighted by Gasteiger charge is 2.15. The third-order valence-electron chi connectivity index (χ3n) is 11.7. The largest absolute Gasteiger partial charge is 0.462 e. The van der Waals surface area contributed by atoms with Crippen LogP contribution in [0.2, 0.25) is 0 Å². The number of allylic oxidation sites excluding steroid dienone is 13. The van der Waals surface area contributed by atoms with Crippen molar-refractivity contribution >= 4 is 11.9 Å². The maximum atomic E-state index is 12.2. The molecule has 0 heterocycles. The molecule has 0 saturated carbocycles. The molecule has 0 amide bonds. The van der Waals surface area contributed by atoms with E-state index in [4.69, 9.17) is 9.47 Å². The van der Waals surface area contributed by atoms with Gasteiger partial charge in [0, 0.05) is 6.42 Å². The SMILES string of the molecule is CC/C=C\C/C=C\C/C=C\C/C=C\C/C=C\CC(=O)OC(CO)COC(=O)CCCCCCCCCCCCCCCCCCCCCCCCC/C=C\C/C=C\CCCCCCC. The van der Waals surface area contributed by atoms with E-state index < -0.39 is 12.1 Å². The Hall–Kier alpha value is -2.92. The van der Waals surface area contributed by atoms with Crippen molar-refractivity contribution in [2.24, 2.45) is 0 Å². The predicted molar refractivity (Wildman–Crippen MR) is 279 cm³/mol. The Labute approximate surface area is 396 Å². The number of carbonyl (C=O) groups is 2. The minimum absolute atomic E-state index is 0.107. The Balaban J connectivity index is 3.46. The van der Waals surface area contributed by atoms with E-state index in [-0.39, 0.29) is 25.6 Å². The number of hydrogen-bond acceptors (Lipinski definition) is 5. The van der Waals surface area contributed by atoms with Crippen LogP contribution in [0.3, 0.4) is 0 Å². The molecule has 0 rings (SSSR count). The van der Waals surface area contributed by atoms with Gasteiger partial charge in [0.2, 0.25) is 0 Å². The molecule has 5 heteroatoms. The zero-order valence-corrected chi connectivity index (χ0v) is 42.0. The molecule has 0 aromatic carbocycles. The van der Waals surface area contributed by atoms with E-state index in [0.717, 1.165) is 57.8 Å². The Morgan fingerprint density at radius 3 is 1.09 bits per heavy atom. The van der Waals surface area contributed by atoms with Gasteiger partial charge in [-0.3, -0.25) is 9.59 Å². The second-order valence-corrected chi connectivity index (χ2v) is 17.9. The van der Waals surface area contributed by atoms with E-state index >= 15 is 0 Å². The predicted octanol–water partition coefficient (Wildman–Crippen LogP) is 18.2. The van der Waals surface area contributed by atoms with Crippen molar-refractivity contribution in [2.45, 2.75) is 264 Å². The highest BCUT2D eigenvalue weighted by Crippen LogP contribution is 2.16. The molecule has 1 atom stereocenters. The van der Waals surface area contributed by atoms with E-state index in [1.807, 2.05) is 6.08 Å². The van der Waals surface area contributed by atoms with E-state index in [1.54, 1.807) is 6.08 Å². The summed E-state index contributed by atoms with van der Waals surface area (Å²) in [4.78, 5) is 24.3. The first-order chi connectivity index (χ1) is 31.6. The minimum atomic E-state index is -0.829.